The van der Waals surface area contributed by atoms with E-state index in [9.17, 15) is 4.79 Å². The van der Waals surface area contributed by atoms with Gasteiger partial charge in [-0.1, -0.05) is 25.7 Å². The third kappa shape index (κ3) is 3.48. The maximum atomic E-state index is 12.4. The Balaban J connectivity index is 1.89. The van der Waals surface area contributed by atoms with Crippen molar-refractivity contribution in [3.8, 4) is 0 Å². The van der Waals surface area contributed by atoms with Crippen molar-refractivity contribution < 1.29 is 4.79 Å². The minimum absolute atomic E-state index is 0.0848. The molecule has 0 unspecified atom stereocenters. The summed E-state index contributed by atoms with van der Waals surface area (Å²) in [6.45, 7) is 3.11. The number of rotatable bonds is 4. The maximum Gasteiger partial charge on any atom is 0.236 e. The van der Waals surface area contributed by atoms with Crippen LogP contribution in [0.4, 0.5) is 0 Å². The van der Waals surface area contributed by atoms with Crippen LogP contribution < -0.4 is 5.73 Å². The highest BCUT2D eigenvalue weighted by molar-refractivity contribution is 5.78. The van der Waals surface area contributed by atoms with Crippen molar-refractivity contribution in [2.75, 3.05) is 33.2 Å². The second-order valence-corrected chi connectivity index (χ2v) is 6.29. The van der Waals surface area contributed by atoms with Gasteiger partial charge >= 0.3 is 0 Å². The van der Waals surface area contributed by atoms with Gasteiger partial charge in [0, 0.05) is 25.2 Å². The Morgan fingerprint density at radius 1 is 1.11 bits per heavy atom. The molecule has 110 valence electrons. The molecule has 1 heterocycles. The maximum absolute atomic E-state index is 12.4. The van der Waals surface area contributed by atoms with E-state index >= 15 is 0 Å². The first-order chi connectivity index (χ1) is 9.18. The zero-order chi connectivity index (χ0) is 13.7. The third-order valence-electron chi connectivity index (χ3n) is 5.06. The number of hydrogen-bond donors (Lipinski definition) is 1. The molecule has 0 radical (unpaired) electrons. The number of likely N-dealkylation sites (N-methyl/N-ethyl adjacent to an activating group) is 1. The zero-order valence-electron chi connectivity index (χ0n) is 12.4. The summed E-state index contributed by atoms with van der Waals surface area (Å²) in [7, 11) is 2.08. The molecule has 2 fully saturated rings. The number of carbonyl (C=O) groups is 1. The van der Waals surface area contributed by atoms with Crippen LogP contribution >= 0.6 is 0 Å². The van der Waals surface area contributed by atoms with Gasteiger partial charge in [0.15, 0.2) is 0 Å². The smallest absolute Gasteiger partial charge is 0.236 e. The summed E-state index contributed by atoms with van der Waals surface area (Å²) in [4.78, 5) is 16.7. The summed E-state index contributed by atoms with van der Waals surface area (Å²) < 4.78 is 0. The average Bonchev–Trinajstić information content (AvgIpc) is 2.74. The molecule has 1 aliphatic heterocycles. The SMILES string of the molecule is CN(CC(=O)N1CCCCCC1)C1(CN)CCCC1. The molecule has 4 nitrogen and oxygen atoms in total. The van der Waals surface area contributed by atoms with Crippen LogP contribution in [0.1, 0.15) is 51.4 Å². The Kier molecular flexibility index (Phi) is 5.22. The Labute approximate surface area is 117 Å². The lowest BCUT2D eigenvalue weighted by Gasteiger charge is -2.38. The van der Waals surface area contributed by atoms with E-state index in [0.29, 0.717) is 19.0 Å². The predicted octanol–water partition coefficient (Wildman–Crippen LogP) is 1.59. The molecule has 2 aliphatic rings. The highest BCUT2D eigenvalue weighted by Crippen LogP contribution is 2.33. The molecule has 2 N–H and O–H groups in total. The van der Waals surface area contributed by atoms with Gasteiger partial charge in [-0.2, -0.15) is 0 Å². The van der Waals surface area contributed by atoms with Gasteiger partial charge < -0.3 is 10.6 Å². The van der Waals surface area contributed by atoms with Crippen molar-refractivity contribution in [3.05, 3.63) is 0 Å². The first kappa shape index (κ1) is 14.8. The first-order valence-corrected chi connectivity index (χ1v) is 7.87. The minimum Gasteiger partial charge on any atom is -0.342 e. The van der Waals surface area contributed by atoms with E-state index < -0.39 is 0 Å². The van der Waals surface area contributed by atoms with Crippen molar-refractivity contribution in [1.82, 2.24) is 9.80 Å². The van der Waals surface area contributed by atoms with E-state index in [1.165, 1.54) is 25.7 Å². The summed E-state index contributed by atoms with van der Waals surface area (Å²) in [5, 5.41) is 0. The van der Waals surface area contributed by atoms with E-state index in [-0.39, 0.29) is 5.54 Å². The molecule has 0 aromatic carbocycles. The van der Waals surface area contributed by atoms with Crippen LogP contribution in [-0.2, 0) is 4.79 Å². The Hall–Kier alpha value is -0.610. The summed E-state index contributed by atoms with van der Waals surface area (Å²) in [6.07, 6.45) is 9.66. The van der Waals surface area contributed by atoms with Gasteiger partial charge in [-0.05, 0) is 32.7 Å². The van der Waals surface area contributed by atoms with Crippen molar-refractivity contribution >= 4 is 5.91 Å². The van der Waals surface area contributed by atoms with Crippen molar-refractivity contribution in [1.29, 1.82) is 0 Å². The van der Waals surface area contributed by atoms with Crippen LogP contribution in [-0.4, -0.2) is 54.5 Å². The molecular formula is C15H29N3O. The second-order valence-electron chi connectivity index (χ2n) is 6.29. The normalized spacial score (nSPS) is 23.6. The van der Waals surface area contributed by atoms with Gasteiger partial charge in [0.05, 0.1) is 6.54 Å². The monoisotopic (exact) mass is 267 g/mol. The zero-order valence-corrected chi connectivity index (χ0v) is 12.4. The second kappa shape index (κ2) is 6.71. The number of nitrogens with zero attached hydrogens (tertiary/aromatic N) is 2. The van der Waals surface area contributed by atoms with E-state index in [1.54, 1.807) is 0 Å². The standard InChI is InChI=1S/C15H29N3O/c1-17(15(13-16)8-4-5-9-15)12-14(19)18-10-6-2-3-7-11-18/h2-13,16H2,1H3. The Morgan fingerprint density at radius 3 is 2.21 bits per heavy atom. The molecule has 1 saturated carbocycles. The van der Waals surface area contributed by atoms with Crippen LogP contribution in [0, 0.1) is 0 Å². The van der Waals surface area contributed by atoms with E-state index in [4.69, 9.17) is 5.73 Å². The number of nitrogens with two attached hydrogens (primary N) is 1. The largest absolute Gasteiger partial charge is 0.342 e. The molecule has 1 saturated heterocycles. The first-order valence-electron chi connectivity index (χ1n) is 7.87. The number of carbonyl (C=O) groups excluding carboxylic acids is 1. The predicted molar refractivity (Wildman–Crippen MR) is 77.9 cm³/mol. The summed E-state index contributed by atoms with van der Waals surface area (Å²) >= 11 is 0. The minimum atomic E-state index is 0.0848. The van der Waals surface area contributed by atoms with Crippen molar-refractivity contribution in [2.45, 2.75) is 56.9 Å². The number of hydrogen-bond acceptors (Lipinski definition) is 3. The van der Waals surface area contributed by atoms with Crippen LogP contribution in [0.5, 0.6) is 0 Å². The summed E-state index contributed by atoms with van der Waals surface area (Å²) in [6, 6.07) is 0. The molecule has 1 amide bonds. The molecule has 0 aromatic heterocycles. The fourth-order valence-electron chi connectivity index (χ4n) is 3.57. The van der Waals surface area contributed by atoms with Crippen LogP contribution in [0.25, 0.3) is 0 Å². The van der Waals surface area contributed by atoms with Gasteiger partial charge in [-0.15, -0.1) is 0 Å². The summed E-state index contributed by atoms with van der Waals surface area (Å²) in [5.41, 5.74) is 6.07. The Morgan fingerprint density at radius 2 is 1.68 bits per heavy atom. The molecule has 1 aliphatic carbocycles. The molecule has 4 heteroatoms. The van der Waals surface area contributed by atoms with Crippen LogP contribution in [0.3, 0.4) is 0 Å². The van der Waals surface area contributed by atoms with Gasteiger partial charge in [-0.3, -0.25) is 9.69 Å². The molecule has 0 bridgehead atoms. The summed E-state index contributed by atoms with van der Waals surface area (Å²) in [5.74, 6) is 0.295. The molecule has 0 aromatic rings. The Bertz CT molecular complexity index is 292. The van der Waals surface area contributed by atoms with Crippen LogP contribution in [0.15, 0.2) is 0 Å². The van der Waals surface area contributed by atoms with Gasteiger partial charge in [0.25, 0.3) is 0 Å². The van der Waals surface area contributed by atoms with Gasteiger partial charge in [0.1, 0.15) is 0 Å². The molecule has 19 heavy (non-hydrogen) atoms. The number of amides is 1. The fraction of sp³-hybridized carbons (Fsp3) is 0.933. The molecule has 0 spiro atoms. The third-order valence-corrected chi connectivity index (χ3v) is 5.06. The quantitative estimate of drug-likeness (QED) is 0.841. The van der Waals surface area contributed by atoms with Crippen molar-refractivity contribution in [2.24, 2.45) is 5.73 Å². The highest BCUT2D eigenvalue weighted by Gasteiger charge is 2.37. The molecular weight excluding hydrogens is 238 g/mol. The molecule has 2 rings (SSSR count). The van der Waals surface area contributed by atoms with E-state index in [0.717, 1.165) is 38.8 Å². The van der Waals surface area contributed by atoms with E-state index in [2.05, 4.69) is 16.8 Å². The topological polar surface area (TPSA) is 49.6 Å². The fourth-order valence-corrected chi connectivity index (χ4v) is 3.57. The van der Waals surface area contributed by atoms with Gasteiger partial charge in [0.2, 0.25) is 5.91 Å². The lowest BCUT2D eigenvalue weighted by Crippen LogP contribution is -2.53. The average molecular weight is 267 g/mol. The lowest BCUT2D eigenvalue weighted by molar-refractivity contribution is -0.133. The molecule has 0 atom stereocenters. The highest BCUT2D eigenvalue weighted by atomic mass is 16.2. The number of likely N-dealkylation sites (tertiary alicyclic amines) is 1. The van der Waals surface area contributed by atoms with Crippen molar-refractivity contribution in [3.63, 3.8) is 0 Å². The lowest BCUT2D eigenvalue weighted by atomic mass is 9.96. The van der Waals surface area contributed by atoms with Crippen LogP contribution in [0.2, 0.25) is 0 Å². The van der Waals surface area contributed by atoms with Gasteiger partial charge in [-0.25, -0.2) is 0 Å². The van der Waals surface area contributed by atoms with E-state index in [1.807, 2.05) is 0 Å².